The van der Waals surface area contributed by atoms with Gasteiger partial charge in [-0.3, -0.25) is 14.4 Å². The summed E-state index contributed by atoms with van der Waals surface area (Å²) in [6, 6.07) is -0.410. The summed E-state index contributed by atoms with van der Waals surface area (Å²) in [5.74, 6) is -1.15. The molecule has 1 fully saturated rings. The van der Waals surface area contributed by atoms with E-state index in [1.165, 1.54) is 0 Å². The number of hydrogen-bond acceptors (Lipinski definition) is 3. The number of nitrogens with one attached hydrogen (secondary N) is 1. The van der Waals surface area contributed by atoms with E-state index >= 15 is 0 Å². The van der Waals surface area contributed by atoms with Crippen molar-refractivity contribution < 1.29 is 19.5 Å². The van der Waals surface area contributed by atoms with E-state index in [0.29, 0.717) is 25.9 Å². The van der Waals surface area contributed by atoms with E-state index in [1.54, 1.807) is 11.8 Å². The van der Waals surface area contributed by atoms with Gasteiger partial charge in [0.05, 0.1) is 0 Å². The van der Waals surface area contributed by atoms with Crippen LogP contribution < -0.4 is 5.32 Å². The lowest BCUT2D eigenvalue weighted by atomic mass is 9.91. The first-order valence-electron chi connectivity index (χ1n) is 7.89. The number of carbonyl (C=O) groups excluding carboxylic acids is 2. The minimum Gasteiger partial charge on any atom is -0.481 e. The Morgan fingerprint density at radius 1 is 1.32 bits per heavy atom. The molecule has 2 unspecified atom stereocenters. The van der Waals surface area contributed by atoms with Gasteiger partial charge in [0.1, 0.15) is 6.04 Å². The zero-order valence-corrected chi connectivity index (χ0v) is 14.0. The molecule has 1 aliphatic heterocycles. The van der Waals surface area contributed by atoms with Gasteiger partial charge >= 0.3 is 5.97 Å². The zero-order valence-electron chi connectivity index (χ0n) is 14.0. The van der Waals surface area contributed by atoms with E-state index in [4.69, 9.17) is 5.11 Å². The monoisotopic (exact) mass is 312 g/mol. The van der Waals surface area contributed by atoms with Crippen molar-refractivity contribution in [2.45, 2.75) is 59.4 Å². The van der Waals surface area contributed by atoms with Gasteiger partial charge in [-0.05, 0) is 24.2 Å². The molecule has 1 aliphatic rings. The van der Waals surface area contributed by atoms with Crippen molar-refractivity contribution in [3.63, 3.8) is 0 Å². The molecule has 126 valence electrons. The van der Waals surface area contributed by atoms with Gasteiger partial charge in [0.15, 0.2) is 0 Å². The summed E-state index contributed by atoms with van der Waals surface area (Å²) in [6.45, 7) is 8.74. The van der Waals surface area contributed by atoms with Crippen LogP contribution in [0.1, 0.15) is 53.4 Å². The maximum Gasteiger partial charge on any atom is 0.303 e. The number of aliphatic carboxylic acids is 1. The topological polar surface area (TPSA) is 86.7 Å². The van der Waals surface area contributed by atoms with Gasteiger partial charge in [-0.25, -0.2) is 0 Å². The molecule has 2 amide bonds. The highest BCUT2D eigenvalue weighted by Crippen LogP contribution is 2.24. The Morgan fingerprint density at radius 2 is 1.95 bits per heavy atom. The molecular weight excluding hydrogens is 284 g/mol. The second kappa shape index (κ2) is 7.61. The third-order valence-electron chi connectivity index (χ3n) is 3.71. The van der Waals surface area contributed by atoms with Gasteiger partial charge in [-0.15, -0.1) is 0 Å². The Bertz CT molecular complexity index is 428. The third kappa shape index (κ3) is 6.03. The van der Waals surface area contributed by atoms with Gasteiger partial charge in [-0.2, -0.15) is 0 Å². The molecule has 6 heteroatoms. The molecule has 0 aliphatic carbocycles. The summed E-state index contributed by atoms with van der Waals surface area (Å²) < 4.78 is 0. The third-order valence-corrected chi connectivity index (χ3v) is 3.71. The lowest BCUT2D eigenvalue weighted by Gasteiger charge is -2.27. The number of rotatable bonds is 6. The van der Waals surface area contributed by atoms with Gasteiger partial charge in [0.25, 0.3) is 0 Å². The first-order chi connectivity index (χ1) is 10.1. The Labute approximate surface area is 132 Å². The maximum atomic E-state index is 12.3. The fourth-order valence-corrected chi connectivity index (χ4v) is 2.66. The standard InChI is InChI=1S/C16H28N2O4/c1-11(8-14(20)21)10-17-15(22)12-6-5-7-18(12)13(19)9-16(2,3)4/h11-12H,5-10H2,1-4H3,(H,17,22)(H,20,21). The number of carboxylic acids is 1. The van der Waals surface area contributed by atoms with E-state index in [2.05, 4.69) is 5.32 Å². The van der Waals surface area contributed by atoms with Gasteiger partial charge in [0, 0.05) is 25.9 Å². The van der Waals surface area contributed by atoms with Crippen LogP contribution >= 0.6 is 0 Å². The maximum absolute atomic E-state index is 12.3. The van der Waals surface area contributed by atoms with Crippen LogP contribution in [0.5, 0.6) is 0 Å². The highest BCUT2D eigenvalue weighted by atomic mass is 16.4. The average molecular weight is 312 g/mol. The van der Waals surface area contributed by atoms with Crippen molar-refractivity contribution >= 4 is 17.8 Å². The minimum atomic E-state index is -0.871. The number of amides is 2. The molecule has 0 saturated carbocycles. The quantitative estimate of drug-likeness (QED) is 0.780. The lowest BCUT2D eigenvalue weighted by molar-refractivity contribution is -0.140. The molecular formula is C16H28N2O4. The predicted molar refractivity (Wildman–Crippen MR) is 83.2 cm³/mol. The van der Waals surface area contributed by atoms with E-state index in [-0.39, 0.29) is 29.6 Å². The van der Waals surface area contributed by atoms with Crippen LogP contribution in [0.2, 0.25) is 0 Å². The molecule has 6 nitrogen and oxygen atoms in total. The summed E-state index contributed by atoms with van der Waals surface area (Å²) >= 11 is 0. The van der Waals surface area contributed by atoms with E-state index in [1.807, 2.05) is 20.8 Å². The second-order valence-electron chi connectivity index (χ2n) is 7.43. The highest BCUT2D eigenvalue weighted by Gasteiger charge is 2.35. The average Bonchev–Trinajstić information content (AvgIpc) is 2.82. The lowest BCUT2D eigenvalue weighted by Crippen LogP contribution is -2.47. The number of likely N-dealkylation sites (tertiary alicyclic amines) is 1. The molecule has 0 radical (unpaired) electrons. The number of carbonyl (C=O) groups is 3. The molecule has 2 N–H and O–H groups in total. The van der Waals surface area contributed by atoms with Crippen molar-refractivity contribution in [1.82, 2.24) is 10.2 Å². The normalized spacial score (nSPS) is 19.8. The summed E-state index contributed by atoms with van der Waals surface area (Å²) in [7, 11) is 0. The van der Waals surface area contributed by atoms with Crippen LogP contribution in [0.3, 0.4) is 0 Å². The zero-order chi connectivity index (χ0) is 16.9. The number of nitrogens with zero attached hydrogens (tertiary/aromatic N) is 1. The van der Waals surface area contributed by atoms with Crippen LogP contribution in [0.4, 0.5) is 0 Å². The van der Waals surface area contributed by atoms with Gasteiger partial charge < -0.3 is 15.3 Å². The minimum absolute atomic E-state index is 0.0173. The van der Waals surface area contributed by atoms with Crippen LogP contribution in [-0.2, 0) is 14.4 Å². The summed E-state index contributed by atoms with van der Waals surface area (Å²) in [5.41, 5.74) is -0.100. The summed E-state index contributed by atoms with van der Waals surface area (Å²) in [6.07, 6.45) is 1.96. The number of hydrogen-bond donors (Lipinski definition) is 2. The van der Waals surface area contributed by atoms with Crippen molar-refractivity contribution in [2.75, 3.05) is 13.1 Å². The van der Waals surface area contributed by atoms with Crippen molar-refractivity contribution in [2.24, 2.45) is 11.3 Å². The van der Waals surface area contributed by atoms with E-state index in [0.717, 1.165) is 6.42 Å². The van der Waals surface area contributed by atoms with Crippen molar-refractivity contribution in [3.8, 4) is 0 Å². The second-order valence-corrected chi connectivity index (χ2v) is 7.43. The molecule has 0 bridgehead atoms. The Hall–Kier alpha value is -1.59. The van der Waals surface area contributed by atoms with Crippen molar-refractivity contribution in [3.05, 3.63) is 0 Å². The van der Waals surface area contributed by atoms with Crippen LogP contribution in [0.15, 0.2) is 0 Å². The Kier molecular flexibility index (Phi) is 6.38. The molecule has 0 aromatic carbocycles. The molecule has 1 heterocycles. The molecule has 1 rings (SSSR count). The van der Waals surface area contributed by atoms with Crippen LogP contribution in [0.25, 0.3) is 0 Å². The summed E-state index contributed by atoms with van der Waals surface area (Å²) in [4.78, 5) is 36.9. The van der Waals surface area contributed by atoms with Crippen LogP contribution in [0, 0.1) is 11.3 Å². The number of carboxylic acid groups (broad SMARTS) is 1. The Morgan fingerprint density at radius 3 is 2.50 bits per heavy atom. The largest absolute Gasteiger partial charge is 0.481 e. The Balaban J connectivity index is 2.53. The highest BCUT2D eigenvalue weighted by molar-refractivity contribution is 5.88. The van der Waals surface area contributed by atoms with Gasteiger partial charge in [0.2, 0.25) is 11.8 Å². The van der Waals surface area contributed by atoms with E-state index < -0.39 is 12.0 Å². The summed E-state index contributed by atoms with van der Waals surface area (Å²) in [5, 5.41) is 11.5. The first-order valence-corrected chi connectivity index (χ1v) is 7.89. The van der Waals surface area contributed by atoms with Crippen molar-refractivity contribution in [1.29, 1.82) is 0 Å². The molecule has 2 atom stereocenters. The predicted octanol–water partition coefficient (Wildman–Crippen LogP) is 1.64. The smallest absolute Gasteiger partial charge is 0.303 e. The van der Waals surface area contributed by atoms with Gasteiger partial charge in [-0.1, -0.05) is 27.7 Å². The molecule has 0 aromatic rings. The fourth-order valence-electron chi connectivity index (χ4n) is 2.66. The molecule has 0 aromatic heterocycles. The fraction of sp³-hybridized carbons (Fsp3) is 0.812. The molecule has 0 spiro atoms. The molecule has 1 saturated heterocycles. The van der Waals surface area contributed by atoms with E-state index in [9.17, 15) is 14.4 Å². The van der Waals surface area contributed by atoms with Crippen LogP contribution in [-0.4, -0.2) is 46.9 Å². The molecule has 22 heavy (non-hydrogen) atoms. The SMILES string of the molecule is CC(CNC(=O)C1CCCN1C(=O)CC(C)(C)C)CC(=O)O. The first kappa shape index (κ1) is 18.5.